The van der Waals surface area contributed by atoms with Crippen molar-refractivity contribution in [3.8, 4) is 0 Å². The van der Waals surface area contributed by atoms with E-state index in [0.29, 0.717) is 11.8 Å². The lowest BCUT2D eigenvalue weighted by molar-refractivity contribution is 0.166. The van der Waals surface area contributed by atoms with Gasteiger partial charge in [-0.05, 0) is 58.5 Å². The predicted molar refractivity (Wildman–Crippen MR) is 105 cm³/mol. The highest BCUT2D eigenvalue weighted by atomic mass is 16.1. The first-order chi connectivity index (χ1) is 13.1. The zero-order valence-electron chi connectivity index (χ0n) is 16.4. The van der Waals surface area contributed by atoms with Crippen molar-refractivity contribution in [2.45, 2.75) is 65.0 Å². The Hall–Kier alpha value is -2.08. The molecule has 2 fully saturated rings. The van der Waals surface area contributed by atoms with Gasteiger partial charge in [-0.15, -0.1) is 0 Å². The molecule has 1 saturated heterocycles. The Morgan fingerprint density at radius 2 is 1.74 bits per heavy atom. The molecule has 0 aromatic carbocycles. The normalized spacial score (nSPS) is 19.2. The lowest BCUT2D eigenvalue weighted by Gasteiger charge is -2.32. The molecule has 0 atom stereocenters. The van der Waals surface area contributed by atoms with Crippen molar-refractivity contribution in [3.05, 3.63) is 51.7 Å². The zero-order chi connectivity index (χ0) is 18.8. The Labute approximate surface area is 160 Å². The maximum absolute atomic E-state index is 12.4. The summed E-state index contributed by atoms with van der Waals surface area (Å²) in [6, 6.07) is 0. The van der Waals surface area contributed by atoms with Gasteiger partial charge in [0, 0.05) is 48.2 Å². The predicted octanol–water partition coefficient (Wildman–Crippen LogP) is 2.83. The molecular formula is C21H29N5O. The third kappa shape index (κ3) is 4.10. The molecule has 0 radical (unpaired) electrons. The van der Waals surface area contributed by atoms with Crippen LogP contribution in [-0.4, -0.2) is 37.5 Å². The highest BCUT2D eigenvalue weighted by Crippen LogP contribution is 2.34. The van der Waals surface area contributed by atoms with Gasteiger partial charge >= 0.3 is 0 Å². The monoisotopic (exact) mass is 367 g/mol. The summed E-state index contributed by atoms with van der Waals surface area (Å²) in [5.41, 5.74) is 2.90. The van der Waals surface area contributed by atoms with E-state index < -0.39 is 0 Å². The van der Waals surface area contributed by atoms with Crippen molar-refractivity contribution in [3.63, 3.8) is 0 Å². The topological polar surface area (TPSA) is 63.9 Å². The van der Waals surface area contributed by atoms with Crippen LogP contribution < -0.4 is 5.56 Å². The minimum absolute atomic E-state index is 0.105. The number of piperidine rings is 1. The van der Waals surface area contributed by atoms with E-state index >= 15 is 0 Å². The molecule has 27 heavy (non-hydrogen) atoms. The van der Waals surface area contributed by atoms with Gasteiger partial charge in [-0.25, -0.2) is 15.0 Å². The summed E-state index contributed by atoms with van der Waals surface area (Å²) >= 11 is 0. The summed E-state index contributed by atoms with van der Waals surface area (Å²) in [6.45, 7) is 7.57. The number of likely N-dealkylation sites (tertiary alicyclic amines) is 1. The number of nitrogens with zero attached hydrogens (tertiary/aromatic N) is 5. The largest absolute Gasteiger partial charge is 0.299 e. The fourth-order valence-corrected chi connectivity index (χ4v) is 3.99. The van der Waals surface area contributed by atoms with E-state index in [0.717, 1.165) is 56.1 Å². The molecule has 0 amide bonds. The zero-order valence-corrected chi connectivity index (χ0v) is 16.4. The Bertz CT molecular complexity index is 833. The summed E-state index contributed by atoms with van der Waals surface area (Å²) < 4.78 is 1.79. The van der Waals surface area contributed by atoms with E-state index in [1.54, 1.807) is 10.9 Å². The number of aromatic nitrogens is 4. The SMILES string of the molecule is Cc1ncn(CC2CCN(Cc3cnc(C4CCC4)nc3)CC2)c(=O)c1C. The Kier molecular flexibility index (Phi) is 5.34. The molecule has 2 aliphatic rings. The van der Waals surface area contributed by atoms with Gasteiger partial charge in [0.1, 0.15) is 5.82 Å². The van der Waals surface area contributed by atoms with Crippen LogP contribution in [0.3, 0.4) is 0 Å². The third-order valence-corrected chi connectivity index (χ3v) is 6.28. The maximum atomic E-state index is 12.4. The molecule has 4 rings (SSSR count). The first kappa shape index (κ1) is 18.3. The van der Waals surface area contributed by atoms with Gasteiger partial charge in [0.2, 0.25) is 0 Å². The number of aryl methyl sites for hydroxylation is 1. The van der Waals surface area contributed by atoms with Crippen LogP contribution in [0, 0.1) is 19.8 Å². The van der Waals surface area contributed by atoms with E-state index in [1.165, 1.54) is 24.8 Å². The van der Waals surface area contributed by atoms with Gasteiger partial charge in [-0.2, -0.15) is 0 Å². The van der Waals surface area contributed by atoms with Gasteiger partial charge in [0.05, 0.1) is 6.33 Å². The van der Waals surface area contributed by atoms with Crippen LogP contribution >= 0.6 is 0 Å². The van der Waals surface area contributed by atoms with E-state index in [2.05, 4.69) is 19.9 Å². The molecule has 0 bridgehead atoms. The molecule has 3 heterocycles. The van der Waals surface area contributed by atoms with Crippen molar-refractivity contribution in [2.75, 3.05) is 13.1 Å². The highest BCUT2D eigenvalue weighted by molar-refractivity contribution is 5.12. The fraction of sp³-hybridized carbons (Fsp3) is 0.619. The Balaban J connectivity index is 1.29. The van der Waals surface area contributed by atoms with Gasteiger partial charge in [0.25, 0.3) is 5.56 Å². The van der Waals surface area contributed by atoms with Gasteiger partial charge in [0.15, 0.2) is 0 Å². The lowest BCUT2D eigenvalue weighted by Crippen LogP contribution is -2.36. The summed E-state index contributed by atoms with van der Waals surface area (Å²) in [6.07, 6.45) is 11.7. The summed E-state index contributed by atoms with van der Waals surface area (Å²) in [5.74, 6) is 2.16. The number of hydrogen-bond acceptors (Lipinski definition) is 5. The Morgan fingerprint density at radius 1 is 1.04 bits per heavy atom. The van der Waals surface area contributed by atoms with E-state index in [-0.39, 0.29) is 5.56 Å². The second kappa shape index (κ2) is 7.89. The van der Waals surface area contributed by atoms with E-state index in [1.807, 2.05) is 26.2 Å². The number of hydrogen-bond donors (Lipinski definition) is 0. The molecule has 2 aromatic rings. The van der Waals surface area contributed by atoms with Crippen molar-refractivity contribution < 1.29 is 0 Å². The van der Waals surface area contributed by atoms with E-state index in [4.69, 9.17) is 0 Å². The molecule has 6 nitrogen and oxygen atoms in total. The highest BCUT2D eigenvalue weighted by Gasteiger charge is 2.23. The summed E-state index contributed by atoms with van der Waals surface area (Å²) in [5, 5.41) is 0. The van der Waals surface area contributed by atoms with Crippen LogP contribution in [0.5, 0.6) is 0 Å². The quantitative estimate of drug-likeness (QED) is 0.813. The maximum Gasteiger partial charge on any atom is 0.256 e. The van der Waals surface area contributed by atoms with Gasteiger partial charge in [-0.3, -0.25) is 14.3 Å². The Morgan fingerprint density at radius 3 is 2.37 bits per heavy atom. The molecule has 144 valence electrons. The minimum atomic E-state index is 0.105. The number of rotatable bonds is 5. The smallest absolute Gasteiger partial charge is 0.256 e. The first-order valence-electron chi connectivity index (χ1n) is 10.2. The van der Waals surface area contributed by atoms with Crippen LogP contribution in [0.4, 0.5) is 0 Å². The van der Waals surface area contributed by atoms with Gasteiger partial charge < -0.3 is 0 Å². The van der Waals surface area contributed by atoms with Crippen molar-refractivity contribution in [1.29, 1.82) is 0 Å². The molecule has 1 saturated carbocycles. The average molecular weight is 367 g/mol. The minimum Gasteiger partial charge on any atom is -0.299 e. The average Bonchev–Trinajstić information content (AvgIpc) is 2.64. The van der Waals surface area contributed by atoms with Crippen LogP contribution in [0.2, 0.25) is 0 Å². The molecule has 2 aromatic heterocycles. The third-order valence-electron chi connectivity index (χ3n) is 6.28. The molecule has 0 N–H and O–H groups in total. The molecule has 6 heteroatoms. The van der Waals surface area contributed by atoms with Crippen LogP contribution in [0.1, 0.15) is 60.7 Å². The van der Waals surface area contributed by atoms with Crippen LogP contribution in [-0.2, 0) is 13.1 Å². The molecule has 0 unspecified atom stereocenters. The summed E-state index contributed by atoms with van der Waals surface area (Å²) in [4.78, 5) is 28.3. The molecule has 0 spiro atoms. The van der Waals surface area contributed by atoms with Crippen molar-refractivity contribution in [2.24, 2.45) is 5.92 Å². The van der Waals surface area contributed by atoms with E-state index in [9.17, 15) is 4.79 Å². The molecule has 1 aliphatic carbocycles. The lowest BCUT2D eigenvalue weighted by atomic mass is 9.85. The van der Waals surface area contributed by atoms with Gasteiger partial charge in [-0.1, -0.05) is 6.42 Å². The molecule has 1 aliphatic heterocycles. The van der Waals surface area contributed by atoms with Crippen molar-refractivity contribution >= 4 is 0 Å². The van der Waals surface area contributed by atoms with Crippen LogP contribution in [0.25, 0.3) is 0 Å². The molecular weight excluding hydrogens is 338 g/mol. The van der Waals surface area contributed by atoms with Crippen molar-refractivity contribution in [1.82, 2.24) is 24.4 Å². The standard InChI is InChI=1S/C21H29N5O/c1-15-16(2)24-14-26(21(15)27)13-17-6-8-25(9-7-17)12-18-10-22-20(23-11-18)19-4-3-5-19/h10-11,14,17,19H,3-9,12-13H2,1-2H3. The van der Waals surface area contributed by atoms with Crippen LogP contribution in [0.15, 0.2) is 23.5 Å². The first-order valence-corrected chi connectivity index (χ1v) is 10.2. The fourth-order valence-electron chi connectivity index (χ4n) is 3.99. The second-order valence-corrected chi connectivity index (χ2v) is 8.21. The second-order valence-electron chi connectivity index (χ2n) is 8.21. The summed E-state index contributed by atoms with van der Waals surface area (Å²) in [7, 11) is 0.